The minimum absolute atomic E-state index is 0.0169. The molecule has 1 unspecified atom stereocenters. The first-order valence-electron chi connectivity index (χ1n) is 14.1. The maximum absolute atomic E-state index is 11.8. The summed E-state index contributed by atoms with van der Waals surface area (Å²) in [4.78, 5) is 25.1. The van der Waals surface area contributed by atoms with Crippen LogP contribution in [0.3, 0.4) is 0 Å². The summed E-state index contributed by atoms with van der Waals surface area (Å²) in [5.41, 5.74) is 8.03. The molecule has 206 valence electrons. The molecule has 1 amide bonds. The van der Waals surface area contributed by atoms with E-state index in [2.05, 4.69) is 49.3 Å². The Kier molecular flexibility index (Phi) is 7.20. The van der Waals surface area contributed by atoms with Gasteiger partial charge in [0.15, 0.2) is 5.76 Å². The van der Waals surface area contributed by atoms with Gasteiger partial charge in [-0.1, -0.05) is 18.2 Å². The summed E-state index contributed by atoms with van der Waals surface area (Å²) < 4.78 is 17.7. The molecule has 40 heavy (non-hydrogen) atoms. The molecule has 2 aliphatic rings. The number of likely N-dealkylation sites (tertiary alicyclic amines) is 1. The molecule has 1 aliphatic heterocycles. The quantitative estimate of drug-likeness (QED) is 0.250. The Balaban J connectivity index is 1.15. The Morgan fingerprint density at radius 2 is 1.77 bits per heavy atom. The Hall–Kier alpha value is -4.26. The molecule has 1 saturated heterocycles. The third-order valence-corrected chi connectivity index (χ3v) is 7.94. The highest BCUT2D eigenvalue weighted by Crippen LogP contribution is 2.42. The first-order valence-corrected chi connectivity index (χ1v) is 14.1. The van der Waals surface area contributed by atoms with Crippen molar-refractivity contribution in [1.82, 2.24) is 10.1 Å². The summed E-state index contributed by atoms with van der Waals surface area (Å²) in [6, 6.07) is 19.8. The van der Waals surface area contributed by atoms with Gasteiger partial charge in [-0.05, 0) is 109 Å². The number of carbonyl (C=O) groups is 1. The van der Waals surface area contributed by atoms with Crippen molar-refractivity contribution in [3.8, 4) is 33.9 Å². The third-order valence-electron chi connectivity index (χ3n) is 7.94. The first-order chi connectivity index (χ1) is 19.5. The van der Waals surface area contributed by atoms with Crippen molar-refractivity contribution < 1.29 is 18.8 Å². The molecule has 0 saturated carbocycles. The number of fused-ring (bicyclic) bond motifs is 1. The van der Waals surface area contributed by atoms with Crippen molar-refractivity contribution >= 4 is 5.91 Å². The van der Waals surface area contributed by atoms with Crippen molar-refractivity contribution in [1.29, 1.82) is 0 Å². The SMILES string of the molecule is Cc1cc(OCCCN2CCCC2=O)cc(C)c1-c1cccc2c1CCC2Oc1ccc(-c2cc(=O)[nH]o2)cc1. The fourth-order valence-electron chi connectivity index (χ4n) is 6.08. The molecule has 7 heteroatoms. The zero-order valence-electron chi connectivity index (χ0n) is 23.0. The van der Waals surface area contributed by atoms with E-state index in [0.29, 0.717) is 18.8 Å². The third kappa shape index (κ3) is 5.28. The largest absolute Gasteiger partial charge is 0.494 e. The summed E-state index contributed by atoms with van der Waals surface area (Å²) in [6.45, 7) is 6.54. The van der Waals surface area contributed by atoms with Crippen molar-refractivity contribution in [3.05, 3.63) is 93.3 Å². The molecule has 1 N–H and O–H groups in total. The molecular weight excluding hydrogens is 504 g/mol. The number of hydrogen-bond donors (Lipinski definition) is 1. The molecule has 6 rings (SSSR count). The van der Waals surface area contributed by atoms with Gasteiger partial charge >= 0.3 is 0 Å². The molecule has 0 radical (unpaired) electrons. The number of ether oxygens (including phenoxy) is 2. The lowest BCUT2D eigenvalue weighted by molar-refractivity contribution is -0.127. The zero-order chi connectivity index (χ0) is 27.6. The van der Waals surface area contributed by atoms with Gasteiger partial charge in [0.2, 0.25) is 5.91 Å². The zero-order valence-corrected chi connectivity index (χ0v) is 23.0. The van der Waals surface area contributed by atoms with Crippen LogP contribution in [0.4, 0.5) is 0 Å². The number of benzene rings is 3. The number of aryl methyl sites for hydroxylation is 2. The minimum Gasteiger partial charge on any atom is -0.494 e. The molecular formula is C33H34N2O5. The van der Waals surface area contributed by atoms with Gasteiger partial charge in [-0.3, -0.25) is 9.59 Å². The van der Waals surface area contributed by atoms with Crippen LogP contribution < -0.4 is 15.0 Å². The van der Waals surface area contributed by atoms with Crippen LogP contribution in [-0.4, -0.2) is 35.7 Å². The van der Waals surface area contributed by atoms with Crippen molar-refractivity contribution in [3.63, 3.8) is 0 Å². The molecule has 1 aliphatic carbocycles. The average Bonchev–Trinajstić information content (AvgIpc) is 3.67. The molecule has 2 heterocycles. The summed E-state index contributed by atoms with van der Waals surface area (Å²) in [6.07, 6.45) is 4.34. The lowest BCUT2D eigenvalue weighted by Crippen LogP contribution is -2.26. The van der Waals surface area contributed by atoms with Crippen LogP contribution in [0.2, 0.25) is 0 Å². The fourth-order valence-corrected chi connectivity index (χ4v) is 6.08. The Labute approximate surface area is 233 Å². The number of aromatic amines is 1. The van der Waals surface area contributed by atoms with E-state index in [-0.39, 0.29) is 17.6 Å². The lowest BCUT2D eigenvalue weighted by atomic mass is 9.90. The monoisotopic (exact) mass is 538 g/mol. The molecule has 1 aromatic heterocycles. The van der Waals surface area contributed by atoms with E-state index in [9.17, 15) is 9.59 Å². The highest BCUT2D eigenvalue weighted by molar-refractivity contribution is 5.78. The second-order valence-corrected chi connectivity index (χ2v) is 10.7. The van der Waals surface area contributed by atoms with Crippen LogP contribution in [0.1, 0.15) is 54.0 Å². The maximum atomic E-state index is 11.8. The van der Waals surface area contributed by atoms with Crippen molar-refractivity contribution in [2.24, 2.45) is 0 Å². The standard InChI is InChI=1S/C33H34N2O5/c1-21-18-25(38-17-5-16-35-15-4-8-32(35)37)19-22(2)33(21)28-7-3-6-27-26(28)13-14-29(27)39-24-11-9-23(10-12-24)30-20-31(36)34-40-30/h3,6-7,9-12,18-20,29H,4-5,8,13-17H2,1-2H3,(H,34,36). The van der Waals surface area contributed by atoms with Gasteiger partial charge in [0.05, 0.1) is 12.7 Å². The maximum Gasteiger partial charge on any atom is 0.280 e. The summed E-state index contributed by atoms with van der Waals surface area (Å²) >= 11 is 0. The molecule has 0 spiro atoms. The number of nitrogens with one attached hydrogen (secondary N) is 1. The second kappa shape index (κ2) is 11.1. The van der Waals surface area contributed by atoms with Gasteiger partial charge in [-0.2, -0.15) is 5.16 Å². The molecule has 3 aromatic carbocycles. The van der Waals surface area contributed by atoms with Crippen LogP contribution in [0.15, 0.2) is 70.0 Å². The molecule has 4 aromatic rings. The highest BCUT2D eigenvalue weighted by atomic mass is 16.5. The number of nitrogens with zero attached hydrogens (tertiary/aromatic N) is 1. The van der Waals surface area contributed by atoms with E-state index < -0.39 is 0 Å². The van der Waals surface area contributed by atoms with Crippen molar-refractivity contribution in [2.75, 3.05) is 19.7 Å². The van der Waals surface area contributed by atoms with E-state index >= 15 is 0 Å². The number of aromatic nitrogens is 1. The second-order valence-electron chi connectivity index (χ2n) is 10.7. The first kappa shape index (κ1) is 26.0. The Morgan fingerprint density at radius 3 is 2.48 bits per heavy atom. The number of carbonyl (C=O) groups excluding carboxylic acids is 1. The lowest BCUT2D eigenvalue weighted by Gasteiger charge is -2.19. The fraction of sp³-hybridized carbons (Fsp3) is 0.333. The van der Waals surface area contributed by atoms with Gasteiger partial charge in [0.1, 0.15) is 17.6 Å². The smallest absolute Gasteiger partial charge is 0.280 e. The van der Waals surface area contributed by atoms with E-state index in [0.717, 1.165) is 55.8 Å². The van der Waals surface area contributed by atoms with Crippen LogP contribution in [0, 0.1) is 13.8 Å². The normalized spacial score (nSPS) is 16.4. The average molecular weight is 539 g/mol. The summed E-state index contributed by atoms with van der Waals surface area (Å²) in [5, 5.41) is 2.32. The van der Waals surface area contributed by atoms with Gasteiger partial charge in [-0.15, -0.1) is 0 Å². The topological polar surface area (TPSA) is 84.8 Å². The van der Waals surface area contributed by atoms with Crippen LogP contribution in [0.25, 0.3) is 22.5 Å². The molecule has 7 nitrogen and oxygen atoms in total. The van der Waals surface area contributed by atoms with Crippen molar-refractivity contribution in [2.45, 2.75) is 52.1 Å². The van der Waals surface area contributed by atoms with Gasteiger partial charge in [0, 0.05) is 25.1 Å². The van der Waals surface area contributed by atoms with Gasteiger partial charge < -0.3 is 18.9 Å². The van der Waals surface area contributed by atoms with Crippen LogP contribution >= 0.6 is 0 Å². The minimum atomic E-state index is -0.256. The summed E-state index contributed by atoms with van der Waals surface area (Å²) in [5.74, 6) is 2.43. The number of hydrogen-bond acceptors (Lipinski definition) is 5. The predicted octanol–water partition coefficient (Wildman–Crippen LogP) is 6.38. The highest BCUT2D eigenvalue weighted by Gasteiger charge is 2.27. The predicted molar refractivity (Wildman–Crippen MR) is 154 cm³/mol. The van der Waals surface area contributed by atoms with E-state index in [1.165, 1.54) is 39.4 Å². The Morgan fingerprint density at radius 1 is 0.975 bits per heavy atom. The Bertz CT molecular complexity index is 1560. The van der Waals surface area contributed by atoms with E-state index in [1.807, 2.05) is 29.2 Å². The molecule has 0 bridgehead atoms. The van der Waals surface area contributed by atoms with E-state index in [1.54, 1.807) is 0 Å². The van der Waals surface area contributed by atoms with Crippen LogP contribution in [0.5, 0.6) is 11.5 Å². The summed E-state index contributed by atoms with van der Waals surface area (Å²) in [7, 11) is 0. The van der Waals surface area contributed by atoms with E-state index in [4.69, 9.17) is 14.0 Å². The van der Waals surface area contributed by atoms with Gasteiger partial charge in [-0.25, -0.2) is 0 Å². The molecule has 1 atom stereocenters. The number of amides is 1. The van der Waals surface area contributed by atoms with Crippen LogP contribution in [-0.2, 0) is 11.2 Å². The number of H-pyrrole nitrogens is 1. The number of rotatable bonds is 9. The van der Waals surface area contributed by atoms with Gasteiger partial charge in [0.25, 0.3) is 5.56 Å². The molecule has 1 fully saturated rings.